The van der Waals surface area contributed by atoms with E-state index in [1.54, 1.807) is 21.6 Å². The maximum absolute atomic E-state index is 13.4. The molecule has 3 amide bonds. The van der Waals surface area contributed by atoms with E-state index < -0.39 is 0 Å². The molecular weight excluding hydrogens is 434 g/mol. The van der Waals surface area contributed by atoms with Gasteiger partial charge in [-0.3, -0.25) is 19.1 Å². The summed E-state index contributed by atoms with van der Waals surface area (Å²) in [6.45, 7) is 3.23. The largest absolute Gasteiger partial charge is 0.385 e. The summed E-state index contributed by atoms with van der Waals surface area (Å²) in [6, 6.07) is 9.21. The van der Waals surface area contributed by atoms with Crippen LogP contribution in [0.25, 0.3) is 0 Å². The van der Waals surface area contributed by atoms with E-state index >= 15 is 0 Å². The van der Waals surface area contributed by atoms with Gasteiger partial charge >= 0.3 is 0 Å². The average Bonchev–Trinajstić information content (AvgIpc) is 3.22. The van der Waals surface area contributed by atoms with E-state index in [0.717, 1.165) is 17.7 Å². The van der Waals surface area contributed by atoms with Crippen LogP contribution >= 0.6 is 0 Å². The molecule has 2 aromatic rings. The molecule has 3 heterocycles. The van der Waals surface area contributed by atoms with Crippen LogP contribution in [0.4, 0.5) is 0 Å². The predicted octanol–water partition coefficient (Wildman–Crippen LogP) is 1.62. The molecule has 1 N–H and O–H groups in total. The average molecular weight is 468 g/mol. The number of hydrogen-bond acceptors (Lipinski definition) is 5. The second kappa shape index (κ2) is 10.8. The first-order chi connectivity index (χ1) is 16.5. The van der Waals surface area contributed by atoms with Gasteiger partial charge in [-0.15, -0.1) is 0 Å². The number of fused-ring (bicyclic) bond motifs is 1. The standard InChI is InChI=1S/C25H33N5O4/c1-28-21-11-15-30(24(32)19-7-4-3-5-8-19)17-20(21)22(27-28)25(33)29-13-9-18(10-14-29)23(31)26-12-6-16-34-2/h3-5,7-8,18H,6,9-17H2,1-2H3,(H,26,31). The lowest BCUT2D eigenvalue weighted by molar-refractivity contribution is -0.126. The summed E-state index contributed by atoms with van der Waals surface area (Å²) in [6.07, 6.45) is 2.72. The van der Waals surface area contributed by atoms with E-state index in [9.17, 15) is 14.4 Å². The highest BCUT2D eigenvalue weighted by atomic mass is 16.5. The van der Waals surface area contributed by atoms with Gasteiger partial charge in [0, 0.05) is 76.1 Å². The molecule has 0 bridgehead atoms. The van der Waals surface area contributed by atoms with Gasteiger partial charge in [0.2, 0.25) is 5.91 Å². The van der Waals surface area contributed by atoms with E-state index in [0.29, 0.717) is 69.9 Å². The molecule has 4 rings (SSSR count). The Morgan fingerprint density at radius 1 is 1.06 bits per heavy atom. The molecule has 0 atom stereocenters. The molecular formula is C25H33N5O4. The van der Waals surface area contributed by atoms with Crippen LogP contribution in [0.3, 0.4) is 0 Å². The summed E-state index contributed by atoms with van der Waals surface area (Å²) in [5, 5.41) is 7.50. The quantitative estimate of drug-likeness (QED) is 0.625. The van der Waals surface area contributed by atoms with Crippen molar-refractivity contribution in [1.29, 1.82) is 0 Å². The predicted molar refractivity (Wildman–Crippen MR) is 126 cm³/mol. The number of nitrogens with zero attached hydrogens (tertiary/aromatic N) is 4. The molecule has 1 aromatic heterocycles. The van der Waals surface area contributed by atoms with Crippen molar-refractivity contribution in [1.82, 2.24) is 24.9 Å². The molecule has 9 heteroatoms. The lowest BCUT2D eigenvalue weighted by atomic mass is 9.95. The van der Waals surface area contributed by atoms with Gasteiger partial charge in [-0.2, -0.15) is 5.10 Å². The summed E-state index contributed by atoms with van der Waals surface area (Å²) in [5.41, 5.74) is 2.91. The Hall–Kier alpha value is -3.20. The summed E-state index contributed by atoms with van der Waals surface area (Å²) in [5.74, 6) is -0.188. The third-order valence-electron chi connectivity index (χ3n) is 6.73. The van der Waals surface area contributed by atoms with Crippen molar-refractivity contribution >= 4 is 17.7 Å². The Labute approximate surface area is 200 Å². The number of nitrogens with one attached hydrogen (secondary N) is 1. The van der Waals surface area contributed by atoms with Gasteiger partial charge in [0.15, 0.2) is 5.69 Å². The van der Waals surface area contributed by atoms with Crippen LogP contribution in [0.5, 0.6) is 0 Å². The van der Waals surface area contributed by atoms with Gasteiger partial charge in [-0.25, -0.2) is 0 Å². The fourth-order valence-corrected chi connectivity index (χ4v) is 4.77. The minimum absolute atomic E-state index is 0.0363. The second-order valence-electron chi connectivity index (χ2n) is 8.94. The Bertz CT molecular complexity index is 1030. The Morgan fingerprint density at radius 3 is 2.50 bits per heavy atom. The Balaban J connectivity index is 1.39. The van der Waals surface area contributed by atoms with Gasteiger partial charge in [-0.1, -0.05) is 18.2 Å². The SMILES string of the molecule is COCCCNC(=O)C1CCN(C(=O)c2nn(C)c3c2CN(C(=O)c2ccccc2)CC3)CC1. The molecule has 34 heavy (non-hydrogen) atoms. The molecule has 9 nitrogen and oxygen atoms in total. The van der Waals surface area contributed by atoms with Crippen molar-refractivity contribution in [2.24, 2.45) is 13.0 Å². The lowest BCUT2D eigenvalue weighted by Crippen LogP contribution is -2.44. The number of ether oxygens (including phenoxy) is 1. The molecule has 1 saturated heterocycles. The van der Waals surface area contributed by atoms with Crippen LogP contribution in [0, 0.1) is 5.92 Å². The van der Waals surface area contributed by atoms with Crippen molar-refractivity contribution < 1.29 is 19.1 Å². The van der Waals surface area contributed by atoms with Crippen LogP contribution in [0.15, 0.2) is 30.3 Å². The Kier molecular flexibility index (Phi) is 7.62. The van der Waals surface area contributed by atoms with Crippen LogP contribution in [-0.4, -0.2) is 77.2 Å². The number of likely N-dealkylation sites (tertiary alicyclic amines) is 1. The molecule has 0 aliphatic carbocycles. The molecule has 0 saturated carbocycles. The molecule has 2 aliphatic rings. The van der Waals surface area contributed by atoms with Gasteiger partial charge < -0.3 is 19.9 Å². The van der Waals surface area contributed by atoms with Crippen molar-refractivity contribution in [2.75, 3.05) is 39.9 Å². The van der Waals surface area contributed by atoms with Gasteiger partial charge in [0.1, 0.15) is 0 Å². The zero-order valence-corrected chi connectivity index (χ0v) is 20.0. The summed E-state index contributed by atoms with van der Waals surface area (Å²) < 4.78 is 6.78. The van der Waals surface area contributed by atoms with E-state index in [1.807, 2.05) is 37.4 Å². The van der Waals surface area contributed by atoms with E-state index in [2.05, 4.69) is 10.4 Å². The van der Waals surface area contributed by atoms with Crippen LogP contribution in [0.1, 0.15) is 51.4 Å². The maximum atomic E-state index is 13.4. The zero-order valence-electron chi connectivity index (χ0n) is 20.0. The zero-order chi connectivity index (χ0) is 24.1. The lowest BCUT2D eigenvalue weighted by Gasteiger charge is -2.32. The van der Waals surface area contributed by atoms with E-state index in [4.69, 9.17) is 4.74 Å². The van der Waals surface area contributed by atoms with Crippen molar-refractivity contribution in [3.63, 3.8) is 0 Å². The highest BCUT2D eigenvalue weighted by Crippen LogP contribution is 2.26. The minimum Gasteiger partial charge on any atom is -0.385 e. The summed E-state index contributed by atoms with van der Waals surface area (Å²) in [7, 11) is 3.50. The van der Waals surface area contributed by atoms with Gasteiger partial charge in [0.25, 0.3) is 11.8 Å². The number of aryl methyl sites for hydroxylation is 1. The number of carbonyl (C=O) groups is 3. The van der Waals surface area contributed by atoms with Gasteiger partial charge in [-0.05, 0) is 31.4 Å². The van der Waals surface area contributed by atoms with Crippen LogP contribution in [-0.2, 0) is 29.5 Å². The molecule has 182 valence electrons. The first kappa shape index (κ1) is 23.9. The molecule has 0 radical (unpaired) electrons. The van der Waals surface area contributed by atoms with Crippen molar-refractivity contribution in [3.05, 3.63) is 52.8 Å². The monoisotopic (exact) mass is 467 g/mol. The topological polar surface area (TPSA) is 96.8 Å². The van der Waals surface area contributed by atoms with Crippen molar-refractivity contribution in [2.45, 2.75) is 32.2 Å². The normalized spacial score (nSPS) is 16.3. The van der Waals surface area contributed by atoms with E-state index in [1.165, 1.54) is 0 Å². The van der Waals surface area contributed by atoms with Crippen LogP contribution < -0.4 is 5.32 Å². The number of methoxy groups -OCH3 is 1. The maximum Gasteiger partial charge on any atom is 0.274 e. The number of aromatic nitrogens is 2. The molecule has 1 fully saturated rings. The number of carbonyl (C=O) groups excluding carboxylic acids is 3. The Morgan fingerprint density at radius 2 is 1.79 bits per heavy atom. The fourth-order valence-electron chi connectivity index (χ4n) is 4.77. The first-order valence-electron chi connectivity index (χ1n) is 11.9. The molecule has 2 aliphatic heterocycles. The van der Waals surface area contributed by atoms with Crippen molar-refractivity contribution in [3.8, 4) is 0 Å². The first-order valence-corrected chi connectivity index (χ1v) is 11.9. The highest BCUT2D eigenvalue weighted by molar-refractivity contribution is 5.96. The highest BCUT2D eigenvalue weighted by Gasteiger charge is 2.33. The second-order valence-corrected chi connectivity index (χ2v) is 8.94. The fraction of sp³-hybridized carbons (Fsp3) is 0.520. The van der Waals surface area contributed by atoms with Crippen LogP contribution in [0.2, 0.25) is 0 Å². The third kappa shape index (κ3) is 5.14. The van der Waals surface area contributed by atoms with E-state index in [-0.39, 0.29) is 23.6 Å². The minimum atomic E-state index is -0.121. The van der Waals surface area contributed by atoms with Gasteiger partial charge in [0.05, 0.1) is 6.54 Å². The number of hydrogen-bond donors (Lipinski definition) is 1. The molecule has 0 spiro atoms. The molecule has 0 unspecified atom stereocenters. The summed E-state index contributed by atoms with van der Waals surface area (Å²) >= 11 is 0. The third-order valence-corrected chi connectivity index (χ3v) is 6.73. The number of piperidine rings is 1. The number of amides is 3. The number of rotatable bonds is 7. The smallest absolute Gasteiger partial charge is 0.274 e. The molecule has 1 aromatic carbocycles. The number of benzene rings is 1. The summed E-state index contributed by atoms with van der Waals surface area (Å²) in [4.78, 5) is 42.3.